The maximum atomic E-state index is 4.27. The largest absolute Gasteiger partial charge is 0.356 e. The van der Waals surface area contributed by atoms with Gasteiger partial charge in [-0.2, -0.15) is 0 Å². The Morgan fingerprint density at radius 1 is 0.913 bits per heavy atom. The molecule has 0 fully saturated rings. The molecule has 1 rings (SSSR count). The van der Waals surface area contributed by atoms with E-state index in [1.807, 2.05) is 7.05 Å². The molecule has 4 nitrogen and oxygen atoms in total. The van der Waals surface area contributed by atoms with Crippen molar-refractivity contribution in [3.8, 4) is 0 Å². The zero-order valence-corrected chi connectivity index (χ0v) is 15.1. The average Bonchev–Trinajstić information content (AvgIpc) is 2.56. The van der Waals surface area contributed by atoms with E-state index < -0.39 is 0 Å². The van der Waals surface area contributed by atoms with Crippen molar-refractivity contribution in [1.82, 2.24) is 15.5 Å². The number of nitrogens with zero attached hydrogens (tertiary/aromatic N) is 2. The molecule has 0 aliphatic carbocycles. The molecule has 4 heteroatoms. The van der Waals surface area contributed by atoms with Gasteiger partial charge < -0.3 is 15.5 Å². The molecule has 0 saturated heterocycles. The van der Waals surface area contributed by atoms with Crippen LogP contribution in [0.15, 0.2) is 35.3 Å². The lowest BCUT2D eigenvalue weighted by molar-refractivity contribution is 0.389. The number of aliphatic imine (C=N–C) groups is 1. The third kappa shape index (κ3) is 10.7. The molecule has 2 N–H and O–H groups in total. The molecule has 0 radical (unpaired) electrons. The summed E-state index contributed by atoms with van der Waals surface area (Å²) in [4.78, 5) is 6.53. The Bertz CT molecular complexity index is 415. The summed E-state index contributed by atoms with van der Waals surface area (Å²) in [6, 6.07) is 10.5. The first-order valence-corrected chi connectivity index (χ1v) is 8.85. The summed E-state index contributed by atoms with van der Waals surface area (Å²) in [5, 5.41) is 6.77. The average molecular weight is 319 g/mol. The van der Waals surface area contributed by atoms with Gasteiger partial charge in [-0.1, -0.05) is 49.6 Å². The van der Waals surface area contributed by atoms with E-state index in [2.05, 4.69) is 65.0 Å². The Balaban J connectivity index is 1.99. The van der Waals surface area contributed by atoms with Gasteiger partial charge in [0.2, 0.25) is 0 Å². The summed E-state index contributed by atoms with van der Waals surface area (Å²) in [6.07, 6.45) is 7.50. The van der Waals surface area contributed by atoms with E-state index in [1.165, 1.54) is 44.2 Å². The van der Waals surface area contributed by atoms with Crippen LogP contribution in [0.2, 0.25) is 0 Å². The molecule has 0 unspecified atom stereocenters. The number of hydrogen-bond donors (Lipinski definition) is 2. The van der Waals surface area contributed by atoms with Crippen LogP contribution < -0.4 is 10.6 Å². The predicted molar refractivity (Wildman–Crippen MR) is 101 cm³/mol. The fourth-order valence-electron chi connectivity index (χ4n) is 2.48. The molecule has 0 spiro atoms. The van der Waals surface area contributed by atoms with Crippen LogP contribution in [0.1, 0.15) is 37.7 Å². The highest BCUT2D eigenvalue weighted by Gasteiger charge is 1.98. The molecule has 0 aliphatic rings. The Morgan fingerprint density at radius 2 is 1.57 bits per heavy atom. The van der Waals surface area contributed by atoms with E-state index in [-0.39, 0.29) is 0 Å². The van der Waals surface area contributed by atoms with Gasteiger partial charge in [0.1, 0.15) is 0 Å². The molecule has 23 heavy (non-hydrogen) atoms. The molecule has 0 heterocycles. The lowest BCUT2D eigenvalue weighted by atomic mass is 10.1. The predicted octanol–water partition coefficient (Wildman–Crippen LogP) is 2.91. The molecule has 0 atom stereocenters. The molecular weight excluding hydrogens is 284 g/mol. The summed E-state index contributed by atoms with van der Waals surface area (Å²) in [5.41, 5.74) is 1.35. The van der Waals surface area contributed by atoms with Crippen molar-refractivity contribution >= 4 is 5.96 Å². The van der Waals surface area contributed by atoms with Crippen molar-refractivity contribution < 1.29 is 0 Å². The quantitative estimate of drug-likeness (QED) is 0.374. The first-order valence-electron chi connectivity index (χ1n) is 8.85. The van der Waals surface area contributed by atoms with Crippen molar-refractivity contribution in [2.45, 2.75) is 38.5 Å². The highest BCUT2D eigenvalue weighted by molar-refractivity contribution is 5.79. The number of hydrogen-bond acceptors (Lipinski definition) is 2. The number of benzene rings is 1. The van der Waals surface area contributed by atoms with Crippen molar-refractivity contribution in [1.29, 1.82) is 0 Å². The second-order valence-corrected chi connectivity index (χ2v) is 6.23. The Morgan fingerprint density at radius 3 is 2.26 bits per heavy atom. The maximum Gasteiger partial charge on any atom is 0.190 e. The molecule has 130 valence electrons. The van der Waals surface area contributed by atoms with Gasteiger partial charge in [0.25, 0.3) is 0 Å². The van der Waals surface area contributed by atoms with Crippen LogP contribution in [0.3, 0.4) is 0 Å². The van der Waals surface area contributed by atoms with E-state index in [0.717, 1.165) is 25.5 Å². The van der Waals surface area contributed by atoms with Crippen LogP contribution in [-0.2, 0) is 6.42 Å². The summed E-state index contributed by atoms with van der Waals surface area (Å²) in [6.45, 7) is 3.11. The Kier molecular flexibility index (Phi) is 11.0. The van der Waals surface area contributed by atoms with Crippen LogP contribution in [0.25, 0.3) is 0 Å². The summed E-state index contributed by atoms with van der Waals surface area (Å²) in [7, 11) is 6.11. The number of guanidine groups is 1. The lowest BCUT2D eigenvalue weighted by Crippen LogP contribution is -2.38. The highest BCUT2D eigenvalue weighted by Crippen LogP contribution is 2.02. The third-order valence-electron chi connectivity index (χ3n) is 3.85. The molecule has 0 saturated carbocycles. The molecule has 0 bridgehead atoms. The monoisotopic (exact) mass is 318 g/mol. The Labute approximate surface area is 142 Å². The fraction of sp³-hybridized carbons (Fsp3) is 0.632. The van der Waals surface area contributed by atoms with Gasteiger partial charge in [-0.25, -0.2) is 0 Å². The van der Waals surface area contributed by atoms with E-state index in [0.29, 0.717) is 0 Å². The van der Waals surface area contributed by atoms with E-state index in [1.54, 1.807) is 0 Å². The van der Waals surface area contributed by atoms with Crippen LogP contribution in [0.4, 0.5) is 0 Å². The number of nitrogens with one attached hydrogen (secondary N) is 2. The standard InChI is InChI=1S/C19H34N4/c1-20-19(22-16-14-18-12-8-7-9-13-18)21-15-10-5-4-6-11-17-23(2)3/h7-9,12-13H,4-6,10-11,14-17H2,1-3H3,(H2,20,21,22). The number of unbranched alkanes of at least 4 members (excludes halogenated alkanes) is 4. The van der Waals surface area contributed by atoms with Crippen molar-refractivity contribution in [2.24, 2.45) is 4.99 Å². The van der Waals surface area contributed by atoms with E-state index in [9.17, 15) is 0 Å². The van der Waals surface area contributed by atoms with Crippen LogP contribution in [0, 0.1) is 0 Å². The van der Waals surface area contributed by atoms with E-state index in [4.69, 9.17) is 0 Å². The molecule has 1 aromatic carbocycles. The molecule has 0 aliphatic heterocycles. The van der Waals surface area contributed by atoms with Gasteiger partial charge in [-0.15, -0.1) is 0 Å². The normalized spacial score (nSPS) is 11.7. The van der Waals surface area contributed by atoms with Crippen molar-refractivity contribution in [2.75, 3.05) is 40.8 Å². The second kappa shape index (κ2) is 12.9. The third-order valence-corrected chi connectivity index (χ3v) is 3.85. The zero-order valence-electron chi connectivity index (χ0n) is 15.1. The van der Waals surface area contributed by atoms with Gasteiger partial charge in [0.15, 0.2) is 5.96 Å². The van der Waals surface area contributed by atoms with Gasteiger partial charge in [0.05, 0.1) is 0 Å². The molecule has 0 aromatic heterocycles. The first-order chi connectivity index (χ1) is 11.2. The summed E-state index contributed by atoms with van der Waals surface area (Å²) in [5.74, 6) is 0.911. The minimum absolute atomic E-state index is 0.911. The minimum atomic E-state index is 0.911. The van der Waals surface area contributed by atoms with Gasteiger partial charge in [-0.3, -0.25) is 4.99 Å². The SMILES string of the molecule is CN=C(NCCCCCCCN(C)C)NCCc1ccccc1. The van der Waals surface area contributed by atoms with Crippen molar-refractivity contribution in [3.63, 3.8) is 0 Å². The second-order valence-electron chi connectivity index (χ2n) is 6.23. The lowest BCUT2D eigenvalue weighted by Gasteiger charge is -2.12. The van der Waals surface area contributed by atoms with Crippen molar-refractivity contribution in [3.05, 3.63) is 35.9 Å². The number of rotatable bonds is 11. The van der Waals surface area contributed by atoms with Gasteiger partial charge >= 0.3 is 0 Å². The van der Waals surface area contributed by atoms with E-state index >= 15 is 0 Å². The Hall–Kier alpha value is -1.55. The zero-order chi connectivity index (χ0) is 16.8. The molecule has 1 aromatic rings. The van der Waals surface area contributed by atoms with Crippen LogP contribution >= 0.6 is 0 Å². The summed E-state index contributed by atoms with van der Waals surface area (Å²) < 4.78 is 0. The van der Waals surface area contributed by atoms with Gasteiger partial charge in [-0.05, 0) is 45.5 Å². The van der Waals surface area contributed by atoms with Crippen LogP contribution in [0.5, 0.6) is 0 Å². The maximum absolute atomic E-state index is 4.27. The summed E-state index contributed by atoms with van der Waals surface area (Å²) >= 11 is 0. The molecule has 0 amide bonds. The molecular formula is C19H34N4. The first kappa shape index (κ1) is 19.5. The van der Waals surface area contributed by atoms with Gasteiger partial charge in [0, 0.05) is 20.1 Å². The van der Waals surface area contributed by atoms with Crippen LogP contribution in [-0.4, -0.2) is 51.6 Å². The topological polar surface area (TPSA) is 39.7 Å². The fourth-order valence-corrected chi connectivity index (χ4v) is 2.48. The highest BCUT2D eigenvalue weighted by atomic mass is 15.2. The smallest absolute Gasteiger partial charge is 0.190 e. The minimum Gasteiger partial charge on any atom is -0.356 e.